The Kier molecular flexibility index (Phi) is 6.06. The van der Waals surface area contributed by atoms with Crippen molar-refractivity contribution in [1.29, 1.82) is 0 Å². The average molecular weight is 327 g/mol. The number of rotatable bonds is 5. The van der Waals surface area contributed by atoms with E-state index in [1.54, 1.807) is 0 Å². The number of hydrogen-bond acceptors (Lipinski definition) is 4. The van der Waals surface area contributed by atoms with Gasteiger partial charge in [0, 0.05) is 18.7 Å². The maximum Gasteiger partial charge on any atom is 0.401 e. The van der Waals surface area contributed by atoms with Gasteiger partial charge in [-0.25, -0.2) is 4.79 Å². The molecule has 0 aromatic carbocycles. The minimum Gasteiger partial charge on any atom is -0.480 e. The number of carbonyl (C=O) groups is 3. The fourth-order valence-electron chi connectivity index (χ4n) is 2.07. The van der Waals surface area contributed by atoms with Crippen molar-refractivity contribution < 1.29 is 32.7 Å². The van der Waals surface area contributed by atoms with Gasteiger partial charge in [-0.15, -0.1) is 0 Å². The average Bonchev–Trinajstić information content (AvgIpc) is 2.86. The zero-order valence-electron chi connectivity index (χ0n) is 11.4. The van der Waals surface area contributed by atoms with E-state index < -0.39 is 40.9 Å². The predicted molar refractivity (Wildman–Crippen MR) is 69.7 cm³/mol. The van der Waals surface area contributed by atoms with Gasteiger partial charge in [-0.2, -0.15) is 13.2 Å². The molecule has 120 valence electrons. The van der Waals surface area contributed by atoms with Gasteiger partial charge in [0.1, 0.15) is 12.0 Å². The molecule has 1 aliphatic rings. The summed E-state index contributed by atoms with van der Waals surface area (Å²) >= 11 is 0.454. The Hall–Kier alpha value is -1.25. The van der Waals surface area contributed by atoms with Gasteiger partial charge in [0.15, 0.2) is 5.12 Å². The highest BCUT2D eigenvalue weighted by molar-refractivity contribution is 8.13. The lowest BCUT2D eigenvalue weighted by Crippen LogP contribution is -2.48. The summed E-state index contributed by atoms with van der Waals surface area (Å²) in [6.45, 7) is 1.51. The lowest BCUT2D eigenvalue weighted by Gasteiger charge is -2.27. The number of carbonyl (C=O) groups excluding carboxylic acids is 2. The van der Waals surface area contributed by atoms with Gasteiger partial charge in [-0.1, -0.05) is 18.7 Å². The zero-order valence-corrected chi connectivity index (χ0v) is 12.2. The van der Waals surface area contributed by atoms with E-state index >= 15 is 0 Å². The topological polar surface area (TPSA) is 74.7 Å². The predicted octanol–water partition coefficient (Wildman–Crippen LogP) is 1.91. The van der Waals surface area contributed by atoms with E-state index in [-0.39, 0.29) is 19.4 Å². The number of carboxylic acids is 1. The van der Waals surface area contributed by atoms with Crippen molar-refractivity contribution in [3.63, 3.8) is 0 Å². The molecule has 1 saturated heterocycles. The second-order valence-electron chi connectivity index (χ2n) is 4.66. The number of aliphatic carboxylic acids is 1. The van der Waals surface area contributed by atoms with Crippen molar-refractivity contribution in [2.75, 3.05) is 12.3 Å². The van der Waals surface area contributed by atoms with Crippen LogP contribution in [0.2, 0.25) is 0 Å². The second kappa shape index (κ2) is 7.15. The number of amides is 1. The molecule has 1 aliphatic heterocycles. The third-order valence-corrected chi connectivity index (χ3v) is 4.32. The van der Waals surface area contributed by atoms with E-state index in [9.17, 15) is 27.6 Å². The third-order valence-electron chi connectivity index (χ3n) is 3.21. The minimum atomic E-state index is -4.80. The van der Waals surface area contributed by atoms with Crippen LogP contribution in [-0.2, 0) is 14.4 Å². The molecule has 0 aliphatic carbocycles. The molecule has 0 aromatic rings. The summed E-state index contributed by atoms with van der Waals surface area (Å²) in [6.07, 6.45) is -4.23. The second-order valence-corrected chi connectivity index (χ2v) is 5.74. The van der Waals surface area contributed by atoms with Gasteiger partial charge in [0.25, 0.3) is 0 Å². The molecule has 0 spiro atoms. The summed E-state index contributed by atoms with van der Waals surface area (Å²) < 4.78 is 39.0. The maximum atomic E-state index is 13.0. The summed E-state index contributed by atoms with van der Waals surface area (Å²) in [4.78, 5) is 34.9. The first-order chi connectivity index (χ1) is 9.68. The van der Waals surface area contributed by atoms with Crippen LogP contribution in [0.4, 0.5) is 13.2 Å². The molecular weight excluding hydrogens is 311 g/mol. The van der Waals surface area contributed by atoms with Crippen molar-refractivity contribution in [3.8, 4) is 0 Å². The Balaban J connectivity index is 2.85. The van der Waals surface area contributed by atoms with E-state index in [4.69, 9.17) is 5.11 Å². The van der Waals surface area contributed by atoms with Gasteiger partial charge in [0.2, 0.25) is 5.91 Å². The Labute approximate surface area is 123 Å². The van der Waals surface area contributed by atoms with E-state index in [1.165, 1.54) is 6.92 Å². The number of alkyl halides is 3. The SMILES string of the molecule is CCC(=O)SCC(C(=O)N1CCC[C@H]1C(=O)O)C(F)(F)F. The largest absolute Gasteiger partial charge is 0.480 e. The number of nitrogens with zero attached hydrogens (tertiary/aromatic N) is 1. The standard InChI is InChI=1S/C12H16F3NO4S/c1-2-9(17)21-6-7(12(13,14)15)10(18)16-5-3-4-8(16)11(19)20/h7-8H,2-6H2,1H3,(H,19,20)/t7?,8-/m0/s1. The fraction of sp³-hybridized carbons (Fsp3) is 0.750. The number of halogens is 3. The first-order valence-electron chi connectivity index (χ1n) is 6.44. The highest BCUT2D eigenvalue weighted by atomic mass is 32.2. The molecule has 1 amide bonds. The Morgan fingerprint density at radius 2 is 2.00 bits per heavy atom. The molecule has 1 heterocycles. The molecule has 1 fully saturated rings. The van der Waals surface area contributed by atoms with E-state index in [2.05, 4.69) is 0 Å². The van der Waals surface area contributed by atoms with Gasteiger partial charge >= 0.3 is 12.1 Å². The summed E-state index contributed by atoms with van der Waals surface area (Å²) in [6, 6.07) is -1.21. The zero-order chi connectivity index (χ0) is 16.2. The molecule has 0 saturated carbocycles. The lowest BCUT2D eigenvalue weighted by atomic mass is 10.1. The number of likely N-dealkylation sites (tertiary alicyclic amines) is 1. The van der Waals surface area contributed by atoms with Gasteiger partial charge in [-0.3, -0.25) is 9.59 Å². The molecular formula is C12H16F3NO4S. The van der Waals surface area contributed by atoms with Gasteiger partial charge in [-0.05, 0) is 12.8 Å². The van der Waals surface area contributed by atoms with Crippen LogP contribution in [0.1, 0.15) is 26.2 Å². The number of hydrogen-bond donors (Lipinski definition) is 1. The first kappa shape index (κ1) is 17.8. The quantitative estimate of drug-likeness (QED) is 0.835. The minimum absolute atomic E-state index is 0.00519. The molecule has 1 rings (SSSR count). The third kappa shape index (κ3) is 4.62. The number of thioether (sulfide) groups is 1. The highest BCUT2D eigenvalue weighted by Gasteiger charge is 2.49. The van der Waals surface area contributed by atoms with Crippen LogP contribution in [0, 0.1) is 5.92 Å². The van der Waals surface area contributed by atoms with Crippen molar-refractivity contribution in [2.24, 2.45) is 5.92 Å². The van der Waals surface area contributed by atoms with Crippen molar-refractivity contribution in [2.45, 2.75) is 38.4 Å². The summed E-state index contributed by atoms with van der Waals surface area (Å²) in [5, 5.41) is 8.50. The monoisotopic (exact) mass is 327 g/mol. The summed E-state index contributed by atoms with van der Waals surface area (Å²) in [5.74, 6) is -5.63. The Morgan fingerprint density at radius 3 is 2.48 bits per heavy atom. The van der Waals surface area contributed by atoms with Crippen molar-refractivity contribution in [3.05, 3.63) is 0 Å². The molecule has 0 aromatic heterocycles. The highest BCUT2D eigenvalue weighted by Crippen LogP contribution is 2.33. The van der Waals surface area contributed by atoms with Gasteiger partial charge in [0.05, 0.1) is 0 Å². The smallest absolute Gasteiger partial charge is 0.401 e. The molecule has 2 atom stereocenters. The fourth-order valence-corrected chi connectivity index (χ4v) is 2.96. The summed E-state index contributed by atoms with van der Waals surface area (Å²) in [7, 11) is 0. The molecule has 1 N–H and O–H groups in total. The van der Waals surface area contributed by atoms with Gasteiger partial charge < -0.3 is 10.0 Å². The van der Waals surface area contributed by atoms with Crippen LogP contribution in [0.5, 0.6) is 0 Å². The maximum absolute atomic E-state index is 13.0. The van der Waals surface area contributed by atoms with Crippen LogP contribution in [0.15, 0.2) is 0 Å². The number of carboxylic acid groups (broad SMARTS) is 1. The Morgan fingerprint density at radius 1 is 1.38 bits per heavy atom. The molecule has 9 heteroatoms. The van der Waals surface area contributed by atoms with Crippen LogP contribution in [-0.4, -0.2) is 51.5 Å². The van der Waals surface area contributed by atoms with E-state index in [0.29, 0.717) is 18.2 Å². The van der Waals surface area contributed by atoms with Crippen LogP contribution >= 0.6 is 11.8 Å². The summed E-state index contributed by atoms with van der Waals surface area (Å²) in [5.41, 5.74) is 0. The normalized spacial score (nSPS) is 20.4. The molecule has 0 bridgehead atoms. The lowest BCUT2D eigenvalue weighted by molar-refractivity contribution is -0.186. The van der Waals surface area contributed by atoms with Crippen molar-refractivity contribution >= 4 is 28.8 Å². The van der Waals surface area contributed by atoms with E-state index in [1.807, 2.05) is 0 Å². The van der Waals surface area contributed by atoms with Crippen LogP contribution in [0.25, 0.3) is 0 Å². The van der Waals surface area contributed by atoms with Crippen molar-refractivity contribution in [1.82, 2.24) is 4.90 Å². The van der Waals surface area contributed by atoms with Crippen LogP contribution in [0.3, 0.4) is 0 Å². The first-order valence-corrected chi connectivity index (χ1v) is 7.42. The Bertz CT molecular complexity index is 427. The molecule has 0 radical (unpaired) electrons. The van der Waals surface area contributed by atoms with Crippen LogP contribution < -0.4 is 0 Å². The molecule has 21 heavy (non-hydrogen) atoms. The molecule has 5 nitrogen and oxygen atoms in total. The molecule has 1 unspecified atom stereocenters. The van der Waals surface area contributed by atoms with E-state index in [0.717, 1.165) is 4.90 Å².